The van der Waals surface area contributed by atoms with Crippen molar-refractivity contribution in [2.75, 3.05) is 26.4 Å². The number of benzene rings is 4. The van der Waals surface area contributed by atoms with Gasteiger partial charge in [0.15, 0.2) is 5.75 Å². The third kappa shape index (κ3) is 10.8. The Kier molecular flexibility index (Phi) is 12.5. The van der Waals surface area contributed by atoms with Crippen LogP contribution in [0.4, 0.5) is 8.78 Å². The SMILES string of the molecule is O=C(Oc1ccc2c(c1)Cc1cc(OOCc3ccc(OCCCCCCC4CO4)cc3F)ccc1-2)c1ccc(OCCCCCCC2CO2)cc1F. The van der Waals surface area contributed by atoms with Crippen molar-refractivity contribution in [2.45, 2.75) is 89.4 Å². The van der Waals surface area contributed by atoms with Crippen molar-refractivity contribution < 1.29 is 47.0 Å². The lowest BCUT2D eigenvalue weighted by Gasteiger charge is -2.10. The summed E-state index contributed by atoms with van der Waals surface area (Å²) in [5, 5.41) is 0. The monoisotopic (exact) mass is 728 g/mol. The summed E-state index contributed by atoms with van der Waals surface area (Å²) < 4.78 is 57.0. The van der Waals surface area contributed by atoms with E-state index in [2.05, 4.69) is 0 Å². The van der Waals surface area contributed by atoms with Crippen molar-refractivity contribution in [1.29, 1.82) is 0 Å². The molecule has 0 aromatic heterocycles. The van der Waals surface area contributed by atoms with Gasteiger partial charge in [-0.15, -0.1) is 0 Å². The fourth-order valence-corrected chi connectivity index (χ4v) is 6.59. The van der Waals surface area contributed by atoms with Crippen LogP contribution < -0.4 is 19.1 Å². The van der Waals surface area contributed by atoms with E-state index >= 15 is 0 Å². The van der Waals surface area contributed by atoms with Crippen LogP contribution in [0, 0.1) is 11.6 Å². The molecule has 2 aliphatic heterocycles. The van der Waals surface area contributed by atoms with Gasteiger partial charge in [0.2, 0.25) is 0 Å². The number of epoxide rings is 2. The fraction of sp³-hybridized carbons (Fsp3) is 0.419. The molecule has 4 aromatic carbocycles. The molecule has 0 radical (unpaired) electrons. The second kappa shape index (κ2) is 18.0. The summed E-state index contributed by atoms with van der Waals surface area (Å²) in [7, 11) is 0. The maximum Gasteiger partial charge on any atom is 0.346 e. The Balaban J connectivity index is 0.833. The lowest BCUT2D eigenvalue weighted by Crippen LogP contribution is -2.11. The number of halogens is 2. The van der Waals surface area contributed by atoms with Gasteiger partial charge in [0.05, 0.1) is 44.2 Å². The molecule has 1 aliphatic carbocycles. The average molecular weight is 729 g/mol. The molecule has 4 aromatic rings. The van der Waals surface area contributed by atoms with Crippen LogP contribution in [0.1, 0.15) is 91.3 Å². The maximum atomic E-state index is 14.9. The number of hydrogen-bond acceptors (Lipinski definition) is 8. The number of hydrogen-bond donors (Lipinski definition) is 0. The average Bonchev–Trinajstić information content (AvgIpc) is 4.10. The van der Waals surface area contributed by atoms with Crippen LogP contribution in [0.25, 0.3) is 11.1 Å². The van der Waals surface area contributed by atoms with E-state index in [-0.39, 0.29) is 12.2 Å². The van der Waals surface area contributed by atoms with Gasteiger partial charge in [-0.2, -0.15) is 4.89 Å². The summed E-state index contributed by atoms with van der Waals surface area (Å²) in [5.74, 6) is -0.213. The smallest absolute Gasteiger partial charge is 0.346 e. The quantitative estimate of drug-likeness (QED) is 0.0174. The summed E-state index contributed by atoms with van der Waals surface area (Å²) >= 11 is 0. The summed E-state index contributed by atoms with van der Waals surface area (Å²) in [4.78, 5) is 23.8. The van der Waals surface area contributed by atoms with E-state index in [4.69, 9.17) is 33.5 Å². The molecule has 2 saturated heterocycles. The van der Waals surface area contributed by atoms with Crippen LogP contribution in [0.2, 0.25) is 0 Å². The molecule has 8 nitrogen and oxygen atoms in total. The first-order valence-electron chi connectivity index (χ1n) is 18.8. The van der Waals surface area contributed by atoms with Gasteiger partial charge in [-0.05, 0) is 103 Å². The van der Waals surface area contributed by atoms with Gasteiger partial charge in [0.1, 0.15) is 35.5 Å². The van der Waals surface area contributed by atoms with Crippen molar-refractivity contribution in [2.24, 2.45) is 0 Å². The van der Waals surface area contributed by atoms with Gasteiger partial charge in [-0.25, -0.2) is 13.6 Å². The molecule has 3 aliphatic rings. The molecule has 0 saturated carbocycles. The van der Waals surface area contributed by atoms with Crippen LogP contribution in [0.15, 0.2) is 72.8 Å². The summed E-state index contributed by atoms with van der Waals surface area (Å²) in [6, 6.07) is 19.9. The number of unbranched alkanes of at least 4 members (excludes halogenated alkanes) is 6. The first kappa shape index (κ1) is 36.8. The Morgan fingerprint density at radius 3 is 1.77 bits per heavy atom. The zero-order valence-corrected chi connectivity index (χ0v) is 29.9. The van der Waals surface area contributed by atoms with Gasteiger partial charge >= 0.3 is 5.97 Å². The third-order valence-electron chi connectivity index (χ3n) is 9.77. The highest BCUT2D eigenvalue weighted by molar-refractivity contribution is 5.91. The van der Waals surface area contributed by atoms with Crippen LogP contribution in [-0.4, -0.2) is 44.6 Å². The lowest BCUT2D eigenvalue weighted by atomic mass is 10.1. The highest BCUT2D eigenvalue weighted by Crippen LogP contribution is 2.40. The molecular weight excluding hydrogens is 682 g/mol. The first-order chi connectivity index (χ1) is 26.0. The molecule has 0 spiro atoms. The van der Waals surface area contributed by atoms with Gasteiger partial charge in [-0.3, -0.25) is 0 Å². The molecule has 2 heterocycles. The topological polar surface area (TPSA) is 88.3 Å². The van der Waals surface area contributed by atoms with Crippen molar-refractivity contribution >= 4 is 5.97 Å². The van der Waals surface area contributed by atoms with Crippen LogP contribution >= 0.6 is 0 Å². The molecule has 2 unspecified atom stereocenters. The van der Waals surface area contributed by atoms with E-state index < -0.39 is 17.6 Å². The van der Waals surface area contributed by atoms with Crippen molar-refractivity contribution in [3.8, 4) is 34.1 Å². The summed E-state index contributed by atoms with van der Waals surface area (Å²) in [5.41, 5.74) is 4.19. The zero-order chi connectivity index (χ0) is 36.4. The fourth-order valence-electron chi connectivity index (χ4n) is 6.59. The van der Waals surface area contributed by atoms with E-state index in [0.29, 0.717) is 60.4 Å². The number of carbonyl (C=O) groups excluding carboxylic acids is 1. The predicted octanol–water partition coefficient (Wildman–Crippen LogP) is 9.72. The van der Waals surface area contributed by atoms with E-state index in [9.17, 15) is 13.6 Å². The highest BCUT2D eigenvalue weighted by Gasteiger charge is 2.23. The van der Waals surface area contributed by atoms with E-state index in [1.165, 1.54) is 24.6 Å². The second-order valence-electron chi connectivity index (χ2n) is 14.0. The van der Waals surface area contributed by atoms with Gasteiger partial charge in [-0.1, -0.05) is 50.7 Å². The molecule has 0 N–H and O–H groups in total. The van der Waals surface area contributed by atoms with Crippen molar-refractivity contribution in [3.05, 3.63) is 107 Å². The molecule has 10 heteroatoms. The molecule has 7 rings (SSSR count). The third-order valence-corrected chi connectivity index (χ3v) is 9.77. The Morgan fingerprint density at radius 1 is 0.623 bits per heavy atom. The van der Waals surface area contributed by atoms with Gasteiger partial charge < -0.3 is 28.6 Å². The van der Waals surface area contributed by atoms with Gasteiger partial charge in [0.25, 0.3) is 0 Å². The zero-order valence-electron chi connectivity index (χ0n) is 29.9. The minimum absolute atomic E-state index is 0.0731. The van der Waals surface area contributed by atoms with Crippen molar-refractivity contribution in [3.63, 3.8) is 0 Å². The molecule has 2 atom stereocenters. The minimum atomic E-state index is -0.781. The Bertz CT molecular complexity index is 1850. The Morgan fingerprint density at radius 2 is 1.17 bits per heavy atom. The second-order valence-corrected chi connectivity index (χ2v) is 14.0. The number of fused-ring (bicyclic) bond motifs is 3. The van der Waals surface area contributed by atoms with Crippen LogP contribution in [0.5, 0.6) is 23.0 Å². The number of carbonyl (C=O) groups is 1. The number of ether oxygens (including phenoxy) is 5. The molecule has 0 amide bonds. The maximum absolute atomic E-state index is 14.9. The van der Waals surface area contributed by atoms with Gasteiger partial charge in [0, 0.05) is 17.7 Å². The minimum Gasteiger partial charge on any atom is -0.493 e. The Labute approximate surface area is 309 Å². The molecular formula is C43H46F2O8. The largest absolute Gasteiger partial charge is 0.493 e. The lowest BCUT2D eigenvalue weighted by molar-refractivity contribution is -0.218. The van der Waals surface area contributed by atoms with Crippen LogP contribution in [0.3, 0.4) is 0 Å². The standard InChI is InChI=1S/C43H46F2O8/c44-41-24-32(47-19-7-3-1-5-9-36-27-49-36)12-11-29(41)26-51-53-35-15-17-39-31(23-35)21-30-22-34(14-16-38(30)39)52-43(46)40-18-13-33(25-42(40)45)48-20-8-4-2-6-10-37-28-50-37/h11-18,22-25,36-37H,1-10,19-21,26-28H2. The summed E-state index contributed by atoms with van der Waals surface area (Å²) in [6.45, 7) is 2.77. The predicted molar refractivity (Wildman–Crippen MR) is 194 cm³/mol. The normalized spacial score (nSPS) is 16.5. The molecule has 2 fully saturated rings. The molecule has 280 valence electrons. The number of esters is 1. The van der Waals surface area contributed by atoms with E-state index in [0.717, 1.165) is 93.3 Å². The molecule has 0 bridgehead atoms. The highest BCUT2D eigenvalue weighted by atomic mass is 19.1. The first-order valence-corrected chi connectivity index (χ1v) is 18.8. The molecule has 53 heavy (non-hydrogen) atoms. The van der Waals surface area contributed by atoms with Crippen LogP contribution in [-0.2, 0) is 27.4 Å². The Hall–Kier alpha value is -4.51. The van der Waals surface area contributed by atoms with Crippen molar-refractivity contribution in [1.82, 2.24) is 0 Å². The number of rotatable bonds is 22. The van der Waals surface area contributed by atoms with E-state index in [1.807, 2.05) is 18.2 Å². The summed E-state index contributed by atoms with van der Waals surface area (Å²) in [6.07, 6.45) is 12.3. The van der Waals surface area contributed by atoms with E-state index in [1.54, 1.807) is 36.4 Å².